The van der Waals surface area contributed by atoms with Crippen molar-refractivity contribution in [2.24, 2.45) is 0 Å². The second kappa shape index (κ2) is 4.14. The van der Waals surface area contributed by atoms with Crippen LogP contribution in [0.15, 0.2) is 6.07 Å². The molecule has 0 aliphatic rings. The van der Waals surface area contributed by atoms with E-state index in [0.717, 1.165) is 6.07 Å². The first kappa shape index (κ1) is 11.9. The van der Waals surface area contributed by atoms with Gasteiger partial charge in [0, 0.05) is 11.8 Å². The highest BCUT2D eigenvalue weighted by Crippen LogP contribution is 2.29. The Hall–Kier alpha value is -2.17. The Bertz CT molecular complexity index is 438. The molecule has 0 aromatic carbocycles. The Morgan fingerprint density at radius 3 is 2.56 bits per heavy atom. The van der Waals surface area contributed by atoms with E-state index in [1.807, 2.05) is 0 Å². The molecular weight excluding hydrogens is 225 g/mol. The number of halogens is 3. The number of nitrogens with zero attached hydrogens (tertiary/aromatic N) is 2. The maximum absolute atomic E-state index is 12.0. The second-order valence-electron chi connectivity index (χ2n) is 2.80. The number of hydrogen-bond acceptors (Lipinski definition) is 5. The van der Waals surface area contributed by atoms with Gasteiger partial charge in [-0.3, -0.25) is 0 Å². The third kappa shape index (κ3) is 2.91. The molecule has 0 bridgehead atoms. The lowest BCUT2D eigenvalue weighted by Crippen LogP contribution is -2.20. The number of alkyl halides is 3. The number of ether oxygens (including phenoxy) is 1. The van der Waals surface area contributed by atoms with Gasteiger partial charge in [0.25, 0.3) is 0 Å². The van der Waals surface area contributed by atoms with Crippen molar-refractivity contribution in [3.05, 3.63) is 11.6 Å². The van der Waals surface area contributed by atoms with E-state index < -0.39 is 12.2 Å². The van der Waals surface area contributed by atoms with Crippen LogP contribution in [0.2, 0.25) is 0 Å². The predicted octanol–water partition coefficient (Wildman–Crippen LogP) is 1.21. The van der Waals surface area contributed by atoms with E-state index in [-0.39, 0.29) is 23.5 Å². The molecule has 0 fully saturated rings. The predicted molar refractivity (Wildman–Crippen MR) is 49.1 cm³/mol. The molecule has 86 valence electrons. The zero-order chi connectivity index (χ0) is 12.3. The van der Waals surface area contributed by atoms with Crippen LogP contribution in [0.1, 0.15) is 5.56 Å². The lowest BCUT2D eigenvalue weighted by atomic mass is 10.1. The smallest absolute Gasteiger partial charge is 0.398 e. The van der Waals surface area contributed by atoms with E-state index in [4.69, 9.17) is 16.7 Å². The van der Waals surface area contributed by atoms with E-state index in [0.29, 0.717) is 0 Å². The van der Waals surface area contributed by atoms with Crippen molar-refractivity contribution >= 4 is 11.5 Å². The van der Waals surface area contributed by atoms with Gasteiger partial charge in [0.05, 0.1) is 18.1 Å². The van der Waals surface area contributed by atoms with Gasteiger partial charge >= 0.3 is 6.36 Å². The Labute approximate surface area is 88.4 Å². The molecule has 5 nitrogen and oxygen atoms in total. The maximum atomic E-state index is 12.0. The van der Waals surface area contributed by atoms with Crippen molar-refractivity contribution in [3.8, 4) is 11.9 Å². The monoisotopic (exact) mass is 232 g/mol. The number of nitriles is 1. The van der Waals surface area contributed by atoms with Crippen molar-refractivity contribution in [1.29, 1.82) is 5.26 Å². The summed E-state index contributed by atoms with van der Waals surface area (Å²) in [6.45, 7) is 0. The third-order valence-corrected chi connectivity index (χ3v) is 1.61. The van der Waals surface area contributed by atoms with Crippen LogP contribution in [0, 0.1) is 11.3 Å². The minimum atomic E-state index is -4.91. The maximum Gasteiger partial charge on any atom is 0.574 e. The van der Waals surface area contributed by atoms with Crippen LogP contribution in [0.4, 0.5) is 24.7 Å². The number of anilines is 2. The highest BCUT2D eigenvalue weighted by atomic mass is 19.4. The van der Waals surface area contributed by atoms with E-state index >= 15 is 0 Å². The minimum Gasteiger partial charge on any atom is -0.398 e. The molecule has 0 amide bonds. The van der Waals surface area contributed by atoms with Crippen molar-refractivity contribution in [3.63, 3.8) is 0 Å². The normalized spacial score (nSPS) is 10.9. The van der Waals surface area contributed by atoms with Gasteiger partial charge in [-0.1, -0.05) is 0 Å². The minimum absolute atomic E-state index is 0.0618. The zero-order valence-electron chi connectivity index (χ0n) is 7.88. The van der Waals surface area contributed by atoms with E-state index in [9.17, 15) is 13.2 Å². The fourth-order valence-corrected chi connectivity index (χ4v) is 1.04. The molecule has 0 spiro atoms. The summed E-state index contributed by atoms with van der Waals surface area (Å²) in [5, 5.41) is 8.43. The average Bonchev–Trinajstić information content (AvgIpc) is 2.08. The number of nitrogens with two attached hydrogens (primary N) is 2. The second-order valence-corrected chi connectivity index (χ2v) is 2.80. The standard InChI is InChI=1S/C8H7F3N4O/c9-8(10,11)16-7-4(1-2-12)5(13)3-6(14)15-7/h3H,1H2,(H4,13,14,15). The Morgan fingerprint density at radius 2 is 2.06 bits per heavy atom. The number of nitrogen functional groups attached to an aromatic ring is 2. The molecule has 8 heteroatoms. The van der Waals surface area contributed by atoms with Gasteiger partial charge in [-0.05, 0) is 0 Å². The number of pyridine rings is 1. The van der Waals surface area contributed by atoms with Crippen LogP contribution < -0.4 is 16.2 Å². The molecule has 4 N–H and O–H groups in total. The number of aromatic nitrogens is 1. The van der Waals surface area contributed by atoms with Gasteiger partial charge in [0.2, 0.25) is 5.88 Å². The molecule has 0 aliphatic carbocycles. The van der Waals surface area contributed by atoms with Crippen molar-refractivity contribution in [1.82, 2.24) is 4.98 Å². The summed E-state index contributed by atoms with van der Waals surface area (Å²) in [5.41, 5.74) is 10.4. The Balaban J connectivity index is 3.20. The van der Waals surface area contributed by atoms with Gasteiger partial charge in [-0.2, -0.15) is 10.2 Å². The summed E-state index contributed by atoms with van der Waals surface area (Å²) in [5.74, 6) is -0.995. The van der Waals surface area contributed by atoms with Crippen molar-refractivity contribution < 1.29 is 17.9 Å². The fourth-order valence-electron chi connectivity index (χ4n) is 1.04. The van der Waals surface area contributed by atoms with E-state index in [1.54, 1.807) is 6.07 Å². The first-order valence-corrected chi connectivity index (χ1v) is 4.01. The van der Waals surface area contributed by atoms with Crippen LogP contribution >= 0.6 is 0 Å². The lowest BCUT2D eigenvalue weighted by Gasteiger charge is -2.12. The molecule has 1 rings (SSSR count). The van der Waals surface area contributed by atoms with Crippen LogP contribution in [-0.4, -0.2) is 11.3 Å². The number of hydrogen-bond donors (Lipinski definition) is 2. The molecule has 16 heavy (non-hydrogen) atoms. The van der Waals surface area contributed by atoms with Gasteiger partial charge in [0.1, 0.15) is 5.82 Å². The lowest BCUT2D eigenvalue weighted by molar-refractivity contribution is -0.276. The summed E-state index contributed by atoms with van der Waals surface area (Å²) in [4.78, 5) is 3.34. The van der Waals surface area contributed by atoms with Gasteiger partial charge in [-0.15, -0.1) is 13.2 Å². The summed E-state index contributed by atoms with van der Waals surface area (Å²) in [6.07, 6.45) is -5.25. The molecule has 0 unspecified atom stereocenters. The highest BCUT2D eigenvalue weighted by molar-refractivity contribution is 5.58. The van der Waals surface area contributed by atoms with Crippen LogP contribution in [0.3, 0.4) is 0 Å². The highest BCUT2D eigenvalue weighted by Gasteiger charge is 2.33. The molecule has 1 heterocycles. The van der Waals surface area contributed by atoms with E-state index in [2.05, 4.69) is 9.72 Å². The molecule has 0 radical (unpaired) electrons. The van der Waals surface area contributed by atoms with Gasteiger partial charge < -0.3 is 16.2 Å². The molecular formula is C8H7F3N4O. The quantitative estimate of drug-likeness (QED) is 0.798. The average molecular weight is 232 g/mol. The largest absolute Gasteiger partial charge is 0.574 e. The van der Waals surface area contributed by atoms with Crippen LogP contribution in [-0.2, 0) is 6.42 Å². The van der Waals surface area contributed by atoms with Crippen LogP contribution in [0.5, 0.6) is 5.88 Å². The number of rotatable bonds is 2. The Morgan fingerprint density at radius 1 is 1.44 bits per heavy atom. The van der Waals surface area contributed by atoms with Crippen molar-refractivity contribution in [2.45, 2.75) is 12.8 Å². The molecule has 1 aromatic rings. The van der Waals surface area contributed by atoms with Crippen molar-refractivity contribution in [2.75, 3.05) is 11.5 Å². The SMILES string of the molecule is N#CCc1c(N)cc(N)nc1OC(F)(F)F. The first-order chi connectivity index (χ1) is 7.33. The van der Waals surface area contributed by atoms with E-state index in [1.165, 1.54) is 0 Å². The fraction of sp³-hybridized carbons (Fsp3) is 0.250. The molecule has 0 aliphatic heterocycles. The summed E-state index contributed by atoms with van der Waals surface area (Å²) in [7, 11) is 0. The van der Waals surface area contributed by atoms with Crippen LogP contribution in [0.25, 0.3) is 0 Å². The summed E-state index contributed by atoms with van der Waals surface area (Å²) in [6, 6.07) is 2.82. The molecule has 0 saturated heterocycles. The molecule has 0 atom stereocenters. The zero-order valence-corrected chi connectivity index (χ0v) is 7.88. The molecule has 0 saturated carbocycles. The summed E-state index contributed by atoms with van der Waals surface area (Å²) >= 11 is 0. The van der Waals surface area contributed by atoms with Gasteiger partial charge in [-0.25, -0.2) is 0 Å². The third-order valence-electron chi connectivity index (χ3n) is 1.61. The molecule has 1 aromatic heterocycles. The van der Waals surface area contributed by atoms with Gasteiger partial charge in [0.15, 0.2) is 0 Å². The first-order valence-electron chi connectivity index (χ1n) is 4.01. The Kier molecular flexibility index (Phi) is 3.08. The summed E-state index contributed by atoms with van der Waals surface area (Å²) < 4.78 is 39.6. The topological polar surface area (TPSA) is 98.0 Å².